The molecule has 0 saturated carbocycles. The summed E-state index contributed by atoms with van der Waals surface area (Å²) in [7, 11) is 0. The van der Waals surface area contributed by atoms with Crippen molar-refractivity contribution in [2.24, 2.45) is 0 Å². The maximum atomic E-state index is 10.2. The second-order valence-corrected chi connectivity index (χ2v) is 12.0. The molecule has 0 atom stereocenters. The lowest BCUT2D eigenvalue weighted by Crippen LogP contribution is -1.96. The van der Waals surface area contributed by atoms with E-state index in [2.05, 4.69) is 102 Å². The van der Waals surface area contributed by atoms with Gasteiger partial charge in [0.25, 0.3) is 0 Å². The predicted molar refractivity (Wildman–Crippen MR) is 194 cm³/mol. The summed E-state index contributed by atoms with van der Waals surface area (Å²) in [6.07, 6.45) is 0. The molecule has 4 heteroatoms. The lowest BCUT2D eigenvalue weighted by Gasteiger charge is -2.13. The summed E-state index contributed by atoms with van der Waals surface area (Å²) in [6.45, 7) is 0. The zero-order chi connectivity index (χ0) is 32.2. The Balaban J connectivity index is 1.23. The molecule has 7 aromatic carbocycles. The quantitative estimate of drug-likeness (QED) is 0.199. The number of hydrogen-bond donors (Lipinski definition) is 0. The maximum absolute atomic E-state index is 10.2. The van der Waals surface area contributed by atoms with E-state index in [9.17, 15) is 10.5 Å². The van der Waals surface area contributed by atoms with Crippen molar-refractivity contribution in [3.8, 4) is 51.2 Å². The molecule has 9 aromatic rings. The molecule has 0 spiro atoms. The van der Waals surface area contributed by atoms with Gasteiger partial charge in [0.15, 0.2) is 0 Å². The van der Waals surface area contributed by atoms with Gasteiger partial charge in [-0.25, -0.2) is 0 Å². The number of rotatable bonds is 4. The summed E-state index contributed by atoms with van der Waals surface area (Å²) in [5.41, 5.74) is 12.1. The molecule has 222 valence electrons. The number of nitrogens with zero attached hydrogens (tertiary/aromatic N) is 3. The van der Waals surface area contributed by atoms with Crippen molar-refractivity contribution in [1.82, 2.24) is 4.57 Å². The number of fused-ring (bicyclic) bond motifs is 6. The molecule has 0 N–H and O–H groups in total. The highest BCUT2D eigenvalue weighted by Crippen LogP contribution is 2.40. The van der Waals surface area contributed by atoms with E-state index in [1.807, 2.05) is 66.7 Å². The predicted octanol–water partition coefficient (Wildman–Crippen LogP) is 11.4. The summed E-state index contributed by atoms with van der Waals surface area (Å²) >= 11 is 0. The van der Waals surface area contributed by atoms with Crippen LogP contribution < -0.4 is 0 Å². The molecule has 0 amide bonds. The SMILES string of the molecule is N#Cc1cc(-c2cccc(-c3cc(-c4ccccc4)c4oc5ccccc5c4c3)c2)cc(-n2c3ccccc3c3cc(C#N)ccc32)c1. The van der Waals surface area contributed by atoms with E-state index < -0.39 is 0 Å². The van der Waals surface area contributed by atoms with Gasteiger partial charge in [0.1, 0.15) is 11.2 Å². The van der Waals surface area contributed by atoms with E-state index in [0.717, 1.165) is 82.8 Å². The first kappa shape index (κ1) is 27.4. The van der Waals surface area contributed by atoms with Crippen LogP contribution in [0.4, 0.5) is 0 Å². The van der Waals surface area contributed by atoms with Crippen LogP contribution in [0.1, 0.15) is 11.1 Å². The maximum Gasteiger partial charge on any atom is 0.143 e. The highest BCUT2D eigenvalue weighted by Gasteiger charge is 2.17. The number of furan rings is 1. The first-order valence-electron chi connectivity index (χ1n) is 15.8. The van der Waals surface area contributed by atoms with Crippen LogP contribution >= 0.6 is 0 Å². The van der Waals surface area contributed by atoms with Gasteiger partial charge in [-0.05, 0) is 94.5 Å². The van der Waals surface area contributed by atoms with Gasteiger partial charge in [-0.1, -0.05) is 84.9 Å². The van der Waals surface area contributed by atoms with Crippen molar-refractivity contribution in [1.29, 1.82) is 10.5 Å². The topological polar surface area (TPSA) is 65.7 Å². The van der Waals surface area contributed by atoms with Gasteiger partial charge in [0.2, 0.25) is 0 Å². The van der Waals surface area contributed by atoms with Gasteiger partial charge >= 0.3 is 0 Å². The second kappa shape index (κ2) is 10.9. The molecule has 0 aliphatic heterocycles. The number of para-hydroxylation sites is 2. The fourth-order valence-corrected chi connectivity index (χ4v) is 7.00. The lowest BCUT2D eigenvalue weighted by atomic mass is 9.93. The molecule has 0 bridgehead atoms. The van der Waals surface area contributed by atoms with Crippen LogP contribution in [0.5, 0.6) is 0 Å². The van der Waals surface area contributed by atoms with Gasteiger partial charge in [0.05, 0.1) is 34.3 Å². The third-order valence-electron chi connectivity index (χ3n) is 9.20. The molecule has 0 saturated heterocycles. The van der Waals surface area contributed by atoms with Crippen molar-refractivity contribution >= 4 is 43.7 Å². The van der Waals surface area contributed by atoms with E-state index in [4.69, 9.17) is 4.42 Å². The first-order chi connectivity index (χ1) is 23.7. The van der Waals surface area contributed by atoms with Gasteiger partial charge in [-0.2, -0.15) is 10.5 Å². The highest BCUT2D eigenvalue weighted by molar-refractivity contribution is 6.12. The van der Waals surface area contributed by atoms with Crippen molar-refractivity contribution in [2.45, 2.75) is 0 Å². The van der Waals surface area contributed by atoms with Crippen LogP contribution in [0.25, 0.3) is 82.8 Å². The molecule has 2 aromatic heterocycles. The second-order valence-electron chi connectivity index (χ2n) is 12.0. The Morgan fingerprint density at radius 2 is 1.12 bits per heavy atom. The molecule has 0 aliphatic carbocycles. The Morgan fingerprint density at radius 3 is 1.94 bits per heavy atom. The first-order valence-corrected chi connectivity index (χ1v) is 15.8. The number of benzene rings is 7. The van der Waals surface area contributed by atoms with Crippen LogP contribution in [0.15, 0.2) is 156 Å². The van der Waals surface area contributed by atoms with Crippen LogP contribution in [-0.4, -0.2) is 4.57 Å². The monoisotopic (exact) mass is 611 g/mol. The Morgan fingerprint density at radius 1 is 0.438 bits per heavy atom. The average molecular weight is 612 g/mol. The van der Waals surface area contributed by atoms with Crippen molar-refractivity contribution in [2.75, 3.05) is 0 Å². The average Bonchev–Trinajstić information content (AvgIpc) is 3.70. The zero-order valence-electron chi connectivity index (χ0n) is 25.7. The summed E-state index contributed by atoms with van der Waals surface area (Å²) in [5, 5.41) is 24.0. The minimum absolute atomic E-state index is 0.574. The minimum Gasteiger partial charge on any atom is -0.455 e. The molecule has 48 heavy (non-hydrogen) atoms. The van der Waals surface area contributed by atoms with Crippen LogP contribution in [0, 0.1) is 22.7 Å². The number of hydrogen-bond acceptors (Lipinski definition) is 3. The molecular weight excluding hydrogens is 587 g/mol. The van der Waals surface area contributed by atoms with Gasteiger partial charge in [-0.3, -0.25) is 0 Å². The van der Waals surface area contributed by atoms with Crippen molar-refractivity contribution in [3.63, 3.8) is 0 Å². The van der Waals surface area contributed by atoms with Crippen molar-refractivity contribution < 1.29 is 4.42 Å². The fraction of sp³-hybridized carbons (Fsp3) is 0. The zero-order valence-corrected chi connectivity index (χ0v) is 25.7. The van der Waals surface area contributed by atoms with Crippen LogP contribution in [0.2, 0.25) is 0 Å². The smallest absolute Gasteiger partial charge is 0.143 e. The third-order valence-corrected chi connectivity index (χ3v) is 9.20. The van der Waals surface area contributed by atoms with E-state index in [1.165, 1.54) is 0 Å². The minimum atomic E-state index is 0.574. The molecule has 0 unspecified atom stereocenters. The largest absolute Gasteiger partial charge is 0.455 e. The summed E-state index contributed by atoms with van der Waals surface area (Å²) in [6, 6.07) is 56.2. The Bertz CT molecular complexity index is 2810. The lowest BCUT2D eigenvalue weighted by molar-refractivity contribution is 0.670. The Kier molecular flexibility index (Phi) is 6.22. The van der Waals surface area contributed by atoms with Crippen molar-refractivity contribution in [3.05, 3.63) is 163 Å². The molecule has 0 fully saturated rings. The highest BCUT2D eigenvalue weighted by atomic mass is 16.3. The molecule has 0 aliphatic rings. The van der Waals surface area contributed by atoms with Crippen LogP contribution in [0.3, 0.4) is 0 Å². The van der Waals surface area contributed by atoms with E-state index in [0.29, 0.717) is 11.1 Å². The standard InChI is InChI=1S/C44H25N3O/c45-26-28-17-18-42-39(21-28)36-13-4-6-15-41(36)47(42)35-20-29(27-46)19-33(23-35)31-11-8-12-32(22-31)34-24-38(30-9-2-1-3-10-30)44-40(25-34)37-14-5-7-16-43(37)48-44/h1-25H. The molecule has 9 rings (SSSR count). The Labute approximate surface area is 276 Å². The summed E-state index contributed by atoms with van der Waals surface area (Å²) in [5.74, 6) is 0. The van der Waals surface area contributed by atoms with E-state index >= 15 is 0 Å². The third kappa shape index (κ3) is 4.36. The number of aromatic nitrogens is 1. The molecular formula is C44H25N3O. The van der Waals surface area contributed by atoms with E-state index in [1.54, 1.807) is 0 Å². The number of nitriles is 2. The van der Waals surface area contributed by atoms with Gasteiger partial charge in [0, 0.05) is 32.8 Å². The van der Waals surface area contributed by atoms with Gasteiger partial charge in [-0.15, -0.1) is 0 Å². The van der Waals surface area contributed by atoms with Crippen LogP contribution in [-0.2, 0) is 0 Å². The molecule has 0 radical (unpaired) electrons. The normalized spacial score (nSPS) is 11.3. The Hall–Kier alpha value is -6.88. The molecule has 4 nitrogen and oxygen atoms in total. The fourth-order valence-electron chi connectivity index (χ4n) is 7.00. The van der Waals surface area contributed by atoms with Gasteiger partial charge < -0.3 is 8.98 Å². The summed E-state index contributed by atoms with van der Waals surface area (Å²) in [4.78, 5) is 0. The van der Waals surface area contributed by atoms with E-state index in [-0.39, 0.29) is 0 Å². The summed E-state index contributed by atoms with van der Waals surface area (Å²) < 4.78 is 8.61. The molecule has 2 heterocycles.